The third-order valence-corrected chi connectivity index (χ3v) is 4.40. The van der Waals surface area contributed by atoms with Crippen LogP contribution >= 0.6 is 0 Å². The lowest BCUT2D eigenvalue weighted by molar-refractivity contribution is -0.0193. The van der Waals surface area contributed by atoms with Crippen molar-refractivity contribution in [1.82, 2.24) is 0 Å². The topological polar surface area (TPSA) is 63.6 Å². The molecule has 5 heteroatoms. The second-order valence-electron chi connectivity index (χ2n) is 4.87. The molecule has 20 heavy (non-hydrogen) atoms. The van der Waals surface area contributed by atoms with Gasteiger partial charge < -0.3 is 5.11 Å². The highest BCUT2D eigenvalue weighted by atomic mass is 32.2. The Balaban J connectivity index is 2.30. The first-order chi connectivity index (χ1) is 9.56. The smallest absolute Gasteiger partial charge is 0.299 e. The maximum atomic E-state index is 11.8. The van der Waals surface area contributed by atoms with Gasteiger partial charge in [-0.15, -0.1) is 0 Å². The fourth-order valence-corrected chi connectivity index (χ4v) is 2.93. The Bertz CT molecular complexity index is 456. The Morgan fingerprint density at radius 1 is 1.05 bits per heavy atom. The van der Waals surface area contributed by atoms with Crippen LogP contribution in [0.2, 0.25) is 0 Å². The van der Waals surface area contributed by atoms with Gasteiger partial charge in [0.2, 0.25) is 0 Å². The minimum absolute atomic E-state index is 0.0713. The fourth-order valence-electron chi connectivity index (χ4n) is 1.94. The normalized spacial score (nSPS) is 13.3. The Morgan fingerprint density at radius 2 is 1.65 bits per heavy atom. The summed E-state index contributed by atoms with van der Waals surface area (Å²) >= 11 is 0. The molecule has 0 spiro atoms. The molecule has 1 atom stereocenters. The Morgan fingerprint density at radius 3 is 2.30 bits per heavy atom. The van der Waals surface area contributed by atoms with Gasteiger partial charge in [0.25, 0.3) is 10.1 Å². The summed E-state index contributed by atoms with van der Waals surface area (Å²) < 4.78 is 28.4. The Hall–Kier alpha value is -0.910. The molecule has 0 saturated carbocycles. The average Bonchev–Trinajstić information content (AvgIpc) is 2.43. The predicted molar refractivity (Wildman–Crippen MR) is 78.7 cm³/mol. The van der Waals surface area contributed by atoms with Crippen molar-refractivity contribution in [3.63, 3.8) is 0 Å². The molecule has 0 radical (unpaired) electrons. The second kappa shape index (κ2) is 9.10. The Labute approximate surface area is 121 Å². The van der Waals surface area contributed by atoms with Crippen LogP contribution in [-0.2, 0) is 14.3 Å². The molecule has 0 aliphatic carbocycles. The highest BCUT2D eigenvalue weighted by molar-refractivity contribution is 7.86. The second-order valence-corrected chi connectivity index (χ2v) is 6.45. The van der Waals surface area contributed by atoms with Gasteiger partial charge in [-0.25, -0.2) is 4.18 Å². The van der Waals surface area contributed by atoms with E-state index >= 15 is 0 Å². The van der Waals surface area contributed by atoms with Crippen molar-refractivity contribution < 1.29 is 17.7 Å². The summed E-state index contributed by atoms with van der Waals surface area (Å²) in [5.74, 6) is 0. The van der Waals surface area contributed by atoms with Gasteiger partial charge >= 0.3 is 0 Å². The zero-order chi connectivity index (χ0) is 14.8. The molecule has 1 unspecified atom stereocenters. The molecule has 1 aromatic carbocycles. The van der Waals surface area contributed by atoms with E-state index in [4.69, 9.17) is 4.18 Å². The minimum atomic E-state index is -3.86. The minimum Gasteiger partial charge on any atom is -0.367 e. The molecule has 1 aromatic rings. The molecule has 1 N–H and O–H groups in total. The molecule has 0 fully saturated rings. The van der Waals surface area contributed by atoms with E-state index in [1.165, 1.54) is 31.4 Å². The van der Waals surface area contributed by atoms with Crippen molar-refractivity contribution in [3.8, 4) is 0 Å². The summed E-state index contributed by atoms with van der Waals surface area (Å²) in [6, 6.07) is 7.87. The van der Waals surface area contributed by atoms with Gasteiger partial charge in [0.05, 0.1) is 4.90 Å². The van der Waals surface area contributed by atoms with Gasteiger partial charge in [0.1, 0.15) is 0 Å². The molecule has 4 nitrogen and oxygen atoms in total. The van der Waals surface area contributed by atoms with E-state index in [2.05, 4.69) is 6.92 Å². The van der Waals surface area contributed by atoms with Crippen molar-refractivity contribution >= 4 is 10.1 Å². The lowest BCUT2D eigenvalue weighted by Gasteiger charge is -2.11. The van der Waals surface area contributed by atoms with E-state index in [-0.39, 0.29) is 4.90 Å². The van der Waals surface area contributed by atoms with Crippen LogP contribution in [0.3, 0.4) is 0 Å². The van der Waals surface area contributed by atoms with Crippen molar-refractivity contribution in [1.29, 1.82) is 0 Å². The molecule has 1 rings (SSSR count). The molecular formula is C15H24O4S. The standard InChI is InChI=1S/C15H24O4S/c1-2-3-4-5-6-10-13-15(16)19-20(17,18)14-11-8-7-9-12-14/h7-9,11-12,15-16H,2-6,10,13H2,1H3. The monoisotopic (exact) mass is 300 g/mol. The van der Waals surface area contributed by atoms with Gasteiger partial charge in [-0.2, -0.15) is 8.42 Å². The lowest BCUT2D eigenvalue weighted by Crippen LogP contribution is -2.18. The molecular weight excluding hydrogens is 276 g/mol. The average molecular weight is 300 g/mol. The van der Waals surface area contributed by atoms with Crippen LogP contribution in [0.15, 0.2) is 35.2 Å². The zero-order valence-corrected chi connectivity index (χ0v) is 12.8. The summed E-state index contributed by atoms with van der Waals surface area (Å²) in [6.45, 7) is 2.16. The molecule has 0 aliphatic rings. The van der Waals surface area contributed by atoms with E-state index in [1.54, 1.807) is 18.2 Å². The lowest BCUT2D eigenvalue weighted by atomic mass is 10.1. The summed E-state index contributed by atoms with van der Waals surface area (Å²) in [6.07, 6.45) is 5.58. The van der Waals surface area contributed by atoms with Crippen LogP contribution in [0.1, 0.15) is 51.9 Å². The number of benzene rings is 1. The largest absolute Gasteiger partial charge is 0.367 e. The number of hydrogen-bond acceptors (Lipinski definition) is 4. The number of aliphatic hydroxyl groups is 1. The fraction of sp³-hybridized carbons (Fsp3) is 0.600. The quantitative estimate of drug-likeness (QED) is 0.408. The number of aliphatic hydroxyl groups excluding tert-OH is 1. The molecule has 0 saturated heterocycles. The van der Waals surface area contributed by atoms with E-state index < -0.39 is 16.4 Å². The molecule has 0 amide bonds. The summed E-state index contributed by atoms with van der Waals surface area (Å²) in [4.78, 5) is 0.0713. The van der Waals surface area contributed by atoms with E-state index in [1.807, 2.05) is 0 Å². The van der Waals surface area contributed by atoms with Crippen LogP contribution in [-0.4, -0.2) is 19.8 Å². The molecule has 0 heterocycles. The van der Waals surface area contributed by atoms with Crippen LogP contribution in [0.4, 0.5) is 0 Å². The van der Waals surface area contributed by atoms with Crippen molar-refractivity contribution in [2.45, 2.75) is 63.1 Å². The van der Waals surface area contributed by atoms with E-state index in [0.29, 0.717) is 6.42 Å². The number of unbranched alkanes of at least 4 members (excludes halogenated alkanes) is 5. The molecule has 0 bridgehead atoms. The van der Waals surface area contributed by atoms with Gasteiger partial charge in [-0.3, -0.25) is 0 Å². The predicted octanol–water partition coefficient (Wildman–Crippen LogP) is 3.46. The van der Waals surface area contributed by atoms with Crippen molar-refractivity contribution in [2.24, 2.45) is 0 Å². The number of rotatable bonds is 10. The van der Waals surface area contributed by atoms with Gasteiger partial charge in [0.15, 0.2) is 6.29 Å². The summed E-state index contributed by atoms with van der Waals surface area (Å²) in [5.41, 5.74) is 0. The highest BCUT2D eigenvalue weighted by Gasteiger charge is 2.19. The van der Waals surface area contributed by atoms with Crippen LogP contribution in [0.5, 0.6) is 0 Å². The molecule has 0 aromatic heterocycles. The first-order valence-electron chi connectivity index (χ1n) is 7.22. The first-order valence-corrected chi connectivity index (χ1v) is 8.63. The third-order valence-electron chi connectivity index (χ3n) is 3.07. The van der Waals surface area contributed by atoms with E-state index in [0.717, 1.165) is 19.3 Å². The SMILES string of the molecule is CCCCCCCCC(O)OS(=O)(=O)c1ccccc1. The van der Waals surface area contributed by atoms with Crippen LogP contribution in [0, 0.1) is 0 Å². The van der Waals surface area contributed by atoms with Gasteiger partial charge in [-0.1, -0.05) is 57.2 Å². The summed E-state index contributed by atoms with van der Waals surface area (Å²) in [5, 5.41) is 9.65. The molecule has 0 aliphatic heterocycles. The Kier molecular flexibility index (Phi) is 7.80. The molecule has 114 valence electrons. The maximum Gasteiger partial charge on any atom is 0.299 e. The van der Waals surface area contributed by atoms with Crippen LogP contribution < -0.4 is 0 Å². The van der Waals surface area contributed by atoms with Gasteiger partial charge in [0, 0.05) is 0 Å². The maximum absolute atomic E-state index is 11.8. The zero-order valence-electron chi connectivity index (χ0n) is 12.0. The van der Waals surface area contributed by atoms with Crippen LogP contribution in [0.25, 0.3) is 0 Å². The summed E-state index contributed by atoms with van der Waals surface area (Å²) in [7, 11) is -3.86. The third kappa shape index (κ3) is 6.50. The number of hydrogen-bond donors (Lipinski definition) is 1. The van der Waals surface area contributed by atoms with Crippen molar-refractivity contribution in [2.75, 3.05) is 0 Å². The van der Waals surface area contributed by atoms with E-state index in [9.17, 15) is 13.5 Å². The van der Waals surface area contributed by atoms with Gasteiger partial charge in [-0.05, 0) is 25.0 Å². The van der Waals surface area contributed by atoms with Crippen molar-refractivity contribution in [3.05, 3.63) is 30.3 Å². The highest BCUT2D eigenvalue weighted by Crippen LogP contribution is 2.16. The first kappa shape index (κ1) is 17.1.